The fraction of sp³-hybridized carbons (Fsp3) is 0.556. The van der Waals surface area contributed by atoms with Crippen LogP contribution in [0.25, 0.3) is 0 Å². The van der Waals surface area contributed by atoms with Crippen molar-refractivity contribution in [3.8, 4) is 0 Å². The lowest BCUT2D eigenvalue weighted by atomic mass is 10.0. The minimum atomic E-state index is -0.476. The molecule has 68 valence electrons. The van der Waals surface area contributed by atoms with Crippen LogP contribution in [0.5, 0.6) is 0 Å². The van der Waals surface area contributed by atoms with Gasteiger partial charge in [-0.25, -0.2) is 0 Å². The van der Waals surface area contributed by atoms with E-state index in [2.05, 4.69) is 11.3 Å². The van der Waals surface area contributed by atoms with E-state index in [-0.39, 0.29) is 18.1 Å². The first-order valence-electron chi connectivity index (χ1n) is 3.82. The highest BCUT2D eigenvalue weighted by Crippen LogP contribution is 2.06. The highest BCUT2D eigenvalue weighted by molar-refractivity contribution is 5.96. The summed E-state index contributed by atoms with van der Waals surface area (Å²) in [6, 6.07) is 0. The molecular weight excluding hydrogens is 156 g/mol. The number of methoxy groups -OCH3 is 1. The molecule has 3 heteroatoms. The van der Waals surface area contributed by atoms with Gasteiger partial charge in [-0.3, -0.25) is 9.59 Å². The van der Waals surface area contributed by atoms with Crippen LogP contribution in [0.3, 0.4) is 0 Å². The smallest absolute Gasteiger partial charge is 0.313 e. The van der Waals surface area contributed by atoms with Crippen molar-refractivity contribution < 1.29 is 14.3 Å². The third-order valence-corrected chi connectivity index (χ3v) is 1.62. The van der Waals surface area contributed by atoms with Crippen molar-refractivity contribution in [2.45, 2.75) is 19.8 Å². The molecule has 0 aromatic carbocycles. The van der Waals surface area contributed by atoms with Crippen LogP contribution >= 0.6 is 0 Å². The summed E-state index contributed by atoms with van der Waals surface area (Å²) in [7, 11) is 1.27. The zero-order chi connectivity index (χ0) is 9.56. The molecule has 3 nitrogen and oxygen atoms in total. The second-order valence-corrected chi connectivity index (χ2v) is 2.64. The molecule has 0 saturated heterocycles. The lowest BCUT2D eigenvalue weighted by molar-refractivity contribution is -0.144. The Hall–Kier alpha value is -1.12. The molecule has 0 heterocycles. The molecule has 0 aliphatic rings. The first-order valence-corrected chi connectivity index (χ1v) is 3.82. The molecule has 1 unspecified atom stereocenters. The maximum atomic E-state index is 11.2. The van der Waals surface area contributed by atoms with Gasteiger partial charge in [0.05, 0.1) is 7.11 Å². The van der Waals surface area contributed by atoms with Gasteiger partial charge in [-0.05, 0) is 6.42 Å². The molecule has 0 rings (SSSR count). The first kappa shape index (κ1) is 10.9. The van der Waals surface area contributed by atoms with E-state index in [4.69, 9.17) is 0 Å². The van der Waals surface area contributed by atoms with E-state index in [1.54, 1.807) is 13.0 Å². The number of rotatable bonds is 5. The SMILES string of the molecule is C=CCC(C)C(=O)CC(=O)OC. The van der Waals surface area contributed by atoms with Crippen molar-refractivity contribution in [1.29, 1.82) is 0 Å². The molecule has 0 fully saturated rings. The molecule has 12 heavy (non-hydrogen) atoms. The van der Waals surface area contributed by atoms with Crippen molar-refractivity contribution in [1.82, 2.24) is 0 Å². The molecule has 0 aromatic heterocycles. The summed E-state index contributed by atoms with van der Waals surface area (Å²) >= 11 is 0. The minimum absolute atomic E-state index is 0.0956. The van der Waals surface area contributed by atoms with Gasteiger partial charge in [-0.2, -0.15) is 0 Å². The Kier molecular flexibility index (Phi) is 5.00. The van der Waals surface area contributed by atoms with Crippen molar-refractivity contribution in [3.05, 3.63) is 12.7 Å². The van der Waals surface area contributed by atoms with Crippen LogP contribution in [-0.4, -0.2) is 18.9 Å². The van der Waals surface area contributed by atoms with E-state index < -0.39 is 5.97 Å². The summed E-state index contributed by atoms with van der Waals surface area (Å²) < 4.78 is 4.36. The summed E-state index contributed by atoms with van der Waals surface area (Å²) in [5.41, 5.74) is 0. The molecule has 1 atom stereocenters. The number of carbonyl (C=O) groups excluding carboxylic acids is 2. The lowest BCUT2D eigenvalue weighted by Gasteiger charge is -2.05. The van der Waals surface area contributed by atoms with Gasteiger partial charge >= 0.3 is 5.97 Å². The highest BCUT2D eigenvalue weighted by Gasteiger charge is 2.15. The molecule has 0 N–H and O–H groups in total. The zero-order valence-corrected chi connectivity index (χ0v) is 7.50. The van der Waals surface area contributed by atoms with Gasteiger partial charge in [-0.15, -0.1) is 6.58 Å². The van der Waals surface area contributed by atoms with Crippen LogP contribution in [0, 0.1) is 5.92 Å². The van der Waals surface area contributed by atoms with Crippen molar-refractivity contribution in [2.24, 2.45) is 5.92 Å². The summed E-state index contributed by atoms with van der Waals surface area (Å²) in [5.74, 6) is -0.709. The summed E-state index contributed by atoms with van der Waals surface area (Å²) in [6.07, 6.45) is 2.14. The van der Waals surface area contributed by atoms with Gasteiger partial charge in [-0.1, -0.05) is 13.0 Å². The Bertz CT molecular complexity index is 184. The van der Waals surface area contributed by atoms with E-state index in [1.807, 2.05) is 0 Å². The topological polar surface area (TPSA) is 43.4 Å². The number of carbonyl (C=O) groups is 2. The van der Waals surface area contributed by atoms with Crippen LogP contribution in [-0.2, 0) is 14.3 Å². The number of ketones is 1. The summed E-state index contributed by atoms with van der Waals surface area (Å²) in [5, 5.41) is 0. The second kappa shape index (κ2) is 5.52. The number of ether oxygens (including phenoxy) is 1. The van der Waals surface area contributed by atoms with E-state index in [1.165, 1.54) is 7.11 Å². The van der Waals surface area contributed by atoms with Crippen LogP contribution in [0.2, 0.25) is 0 Å². The van der Waals surface area contributed by atoms with Crippen molar-refractivity contribution >= 4 is 11.8 Å². The monoisotopic (exact) mass is 170 g/mol. The zero-order valence-electron chi connectivity index (χ0n) is 7.50. The van der Waals surface area contributed by atoms with E-state index in [0.29, 0.717) is 6.42 Å². The molecule has 0 aromatic rings. The summed E-state index contributed by atoms with van der Waals surface area (Å²) in [6.45, 7) is 5.28. The lowest BCUT2D eigenvalue weighted by Crippen LogP contribution is -2.15. The van der Waals surface area contributed by atoms with Crippen molar-refractivity contribution in [3.63, 3.8) is 0 Å². The Morgan fingerprint density at radius 3 is 2.58 bits per heavy atom. The van der Waals surface area contributed by atoms with Gasteiger partial charge in [0.1, 0.15) is 12.2 Å². The minimum Gasteiger partial charge on any atom is -0.469 e. The molecule has 0 bridgehead atoms. The van der Waals surface area contributed by atoms with E-state index in [9.17, 15) is 9.59 Å². The van der Waals surface area contributed by atoms with Crippen LogP contribution < -0.4 is 0 Å². The highest BCUT2D eigenvalue weighted by atomic mass is 16.5. The number of hydrogen-bond acceptors (Lipinski definition) is 3. The Morgan fingerprint density at radius 1 is 1.58 bits per heavy atom. The maximum Gasteiger partial charge on any atom is 0.313 e. The predicted octanol–water partition coefficient (Wildman–Crippen LogP) is 1.33. The Balaban J connectivity index is 3.86. The molecule has 0 amide bonds. The van der Waals surface area contributed by atoms with Gasteiger partial charge in [0, 0.05) is 5.92 Å². The molecule has 0 spiro atoms. The number of hydrogen-bond donors (Lipinski definition) is 0. The maximum absolute atomic E-state index is 11.2. The third kappa shape index (κ3) is 3.91. The third-order valence-electron chi connectivity index (χ3n) is 1.62. The largest absolute Gasteiger partial charge is 0.469 e. The number of allylic oxidation sites excluding steroid dienone is 1. The predicted molar refractivity (Wildman–Crippen MR) is 45.6 cm³/mol. The average molecular weight is 170 g/mol. The fourth-order valence-corrected chi connectivity index (χ4v) is 0.770. The van der Waals surface area contributed by atoms with Crippen LogP contribution in [0.1, 0.15) is 19.8 Å². The van der Waals surface area contributed by atoms with Gasteiger partial charge in [0.2, 0.25) is 0 Å². The van der Waals surface area contributed by atoms with E-state index in [0.717, 1.165) is 0 Å². The molecule has 0 aliphatic heterocycles. The molecule has 0 saturated carbocycles. The van der Waals surface area contributed by atoms with Gasteiger partial charge in [0.25, 0.3) is 0 Å². The summed E-state index contributed by atoms with van der Waals surface area (Å²) in [4.78, 5) is 21.8. The Labute approximate surface area is 72.4 Å². The van der Waals surface area contributed by atoms with Crippen LogP contribution in [0.4, 0.5) is 0 Å². The molecule has 0 radical (unpaired) electrons. The quantitative estimate of drug-likeness (QED) is 0.355. The van der Waals surface area contributed by atoms with E-state index >= 15 is 0 Å². The second-order valence-electron chi connectivity index (χ2n) is 2.64. The average Bonchev–Trinajstić information content (AvgIpc) is 2.04. The van der Waals surface area contributed by atoms with Gasteiger partial charge < -0.3 is 4.74 Å². The molecular formula is C9H14O3. The fourth-order valence-electron chi connectivity index (χ4n) is 0.770. The molecule has 0 aliphatic carbocycles. The first-order chi connectivity index (χ1) is 5.61. The number of Topliss-reactive ketones (excluding diaryl/α,β-unsaturated/α-hetero) is 1. The van der Waals surface area contributed by atoms with Crippen molar-refractivity contribution in [2.75, 3.05) is 7.11 Å². The normalized spacial score (nSPS) is 11.8. The van der Waals surface area contributed by atoms with Crippen LogP contribution in [0.15, 0.2) is 12.7 Å². The number of esters is 1. The Morgan fingerprint density at radius 2 is 2.17 bits per heavy atom. The standard InChI is InChI=1S/C9H14O3/c1-4-5-7(2)8(10)6-9(11)12-3/h4,7H,1,5-6H2,2-3H3. The van der Waals surface area contributed by atoms with Gasteiger partial charge in [0.15, 0.2) is 0 Å².